The first-order valence-electron chi connectivity index (χ1n) is 9.19. The molecule has 0 amide bonds. The summed E-state index contributed by atoms with van der Waals surface area (Å²) in [5.41, 5.74) is 2.40. The predicted octanol–water partition coefficient (Wildman–Crippen LogP) is 5.75. The van der Waals surface area contributed by atoms with E-state index in [0.717, 1.165) is 17.7 Å². The van der Waals surface area contributed by atoms with Crippen molar-refractivity contribution >= 4 is 28.3 Å². The van der Waals surface area contributed by atoms with E-state index >= 15 is 0 Å². The number of hydrogen-bond donors (Lipinski definition) is 0. The summed E-state index contributed by atoms with van der Waals surface area (Å²) in [6.07, 6.45) is 0. The molecule has 7 heteroatoms. The quantitative estimate of drug-likeness (QED) is 0.384. The molecule has 0 atom stereocenters. The molecule has 0 saturated heterocycles. The van der Waals surface area contributed by atoms with E-state index in [1.807, 2.05) is 30.3 Å². The molecule has 5 rings (SSSR count). The van der Waals surface area contributed by atoms with Gasteiger partial charge < -0.3 is 14.1 Å². The van der Waals surface area contributed by atoms with Crippen LogP contribution in [0.15, 0.2) is 69.9 Å². The maximum atomic E-state index is 13.7. The van der Waals surface area contributed by atoms with E-state index < -0.39 is 17.3 Å². The highest BCUT2D eigenvalue weighted by Gasteiger charge is 2.26. The molecule has 0 saturated carbocycles. The molecule has 2 heterocycles. The van der Waals surface area contributed by atoms with Crippen LogP contribution in [0.3, 0.4) is 0 Å². The van der Waals surface area contributed by atoms with Gasteiger partial charge in [-0.3, -0.25) is 0 Å². The average molecular weight is 426 g/mol. The van der Waals surface area contributed by atoms with Gasteiger partial charge in [0.05, 0.1) is 17.1 Å². The Kier molecular flexibility index (Phi) is 4.44. The van der Waals surface area contributed by atoms with Crippen LogP contribution in [0.4, 0.5) is 14.5 Å². The highest BCUT2D eigenvalue weighted by molar-refractivity contribution is 6.33. The van der Waals surface area contributed by atoms with Crippen molar-refractivity contribution in [2.24, 2.45) is 0 Å². The van der Waals surface area contributed by atoms with Crippen molar-refractivity contribution in [2.45, 2.75) is 6.54 Å². The maximum Gasteiger partial charge on any atom is 0.336 e. The van der Waals surface area contributed by atoms with Crippen molar-refractivity contribution in [2.75, 3.05) is 11.6 Å². The molecule has 3 aromatic carbocycles. The van der Waals surface area contributed by atoms with Gasteiger partial charge >= 0.3 is 5.63 Å². The van der Waals surface area contributed by atoms with Gasteiger partial charge in [-0.05, 0) is 29.3 Å². The van der Waals surface area contributed by atoms with E-state index in [9.17, 15) is 13.6 Å². The van der Waals surface area contributed by atoms with Gasteiger partial charge in [0, 0.05) is 23.2 Å². The molecule has 4 aromatic rings. The molecule has 1 aliphatic heterocycles. The Morgan fingerprint density at radius 3 is 2.53 bits per heavy atom. The van der Waals surface area contributed by atoms with Gasteiger partial charge in [0.1, 0.15) is 11.3 Å². The summed E-state index contributed by atoms with van der Waals surface area (Å²) in [6.45, 7) is 0.338. The molecule has 4 nitrogen and oxygen atoms in total. The normalized spacial score (nSPS) is 13.2. The van der Waals surface area contributed by atoms with Crippen LogP contribution in [0.5, 0.6) is 5.75 Å². The van der Waals surface area contributed by atoms with E-state index in [2.05, 4.69) is 0 Å². The summed E-state index contributed by atoms with van der Waals surface area (Å²) >= 11 is 6.49. The Hall–Kier alpha value is -3.38. The lowest BCUT2D eigenvalue weighted by atomic mass is 9.99. The van der Waals surface area contributed by atoms with Gasteiger partial charge in [-0.15, -0.1) is 0 Å². The minimum atomic E-state index is -0.952. The van der Waals surface area contributed by atoms with E-state index in [0.29, 0.717) is 38.6 Å². The van der Waals surface area contributed by atoms with Crippen LogP contribution >= 0.6 is 11.6 Å². The van der Waals surface area contributed by atoms with Crippen LogP contribution < -0.4 is 15.3 Å². The van der Waals surface area contributed by atoms with Crippen molar-refractivity contribution in [3.63, 3.8) is 0 Å². The molecule has 0 unspecified atom stereocenters. The molecule has 0 fully saturated rings. The second-order valence-corrected chi connectivity index (χ2v) is 7.36. The Labute approximate surface area is 174 Å². The van der Waals surface area contributed by atoms with E-state index in [1.54, 1.807) is 11.0 Å². The molecule has 0 bridgehead atoms. The zero-order valence-electron chi connectivity index (χ0n) is 15.5. The fourth-order valence-corrected chi connectivity index (χ4v) is 3.97. The first-order chi connectivity index (χ1) is 14.5. The smallest absolute Gasteiger partial charge is 0.336 e. The first-order valence-corrected chi connectivity index (χ1v) is 9.56. The van der Waals surface area contributed by atoms with Crippen molar-refractivity contribution in [3.8, 4) is 16.9 Å². The maximum absolute atomic E-state index is 13.7. The van der Waals surface area contributed by atoms with Gasteiger partial charge in [0.25, 0.3) is 0 Å². The molecule has 0 radical (unpaired) electrons. The van der Waals surface area contributed by atoms with Crippen LogP contribution in [-0.4, -0.2) is 6.73 Å². The lowest BCUT2D eigenvalue weighted by Gasteiger charge is -2.31. The van der Waals surface area contributed by atoms with Gasteiger partial charge in [-0.2, -0.15) is 0 Å². The first kappa shape index (κ1) is 18.6. The fraction of sp³-hybridized carbons (Fsp3) is 0.0870. The molecule has 0 spiro atoms. The minimum absolute atomic E-state index is 0.0892. The van der Waals surface area contributed by atoms with Gasteiger partial charge in [-0.25, -0.2) is 13.6 Å². The summed E-state index contributed by atoms with van der Waals surface area (Å²) in [6, 6.07) is 16.2. The van der Waals surface area contributed by atoms with E-state index in [-0.39, 0.29) is 13.3 Å². The molecular weight excluding hydrogens is 412 g/mol. The second kappa shape index (κ2) is 7.15. The Balaban J connectivity index is 1.69. The summed E-state index contributed by atoms with van der Waals surface area (Å²) in [7, 11) is 0. The van der Waals surface area contributed by atoms with Crippen LogP contribution in [-0.2, 0) is 6.54 Å². The zero-order chi connectivity index (χ0) is 20.8. The number of fused-ring (bicyclic) bond motifs is 3. The van der Waals surface area contributed by atoms with Crippen molar-refractivity contribution in [1.82, 2.24) is 0 Å². The third kappa shape index (κ3) is 3.09. The standard InChI is InChI=1S/C23H14ClF2NO3/c24-18-9-16-15(13-4-2-1-3-5-13)10-21(28)30-22(16)17-11-27(12-29-23(17)18)14-6-7-19(25)20(26)8-14/h1-10H,11-12H2. The summed E-state index contributed by atoms with van der Waals surface area (Å²) in [5.74, 6) is -1.47. The number of ether oxygens (including phenoxy) is 1. The lowest BCUT2D eigenvalue weighted by Crippen LogP contribution is -2.32. The Bertz CT molecular complexity index is 1340. The summed E-state index contributed by atoms with van der Waals surface area (Å²) < 4.78 is 38.4. The number of nitrogens with zero attached hydrogens (tertiary/aromatic N) is 1. The van der Waals surface area contributed by atoms with Gasteiger partial charge in [0.15, 0.2) is 18.4 Å². The molecule has 150 valence electrons. The Morgan fingerprint density at radius 1 is 0.967 bits per heavy atom. The van der Waals surface area contributed by atoms with Crippen molar-refractivity contribution in [3.05, 3.63) is 93.3 Å². The molecule has 0 aliphatic carbocycles. The van der Waals surface area contributed by atoms with Crippen LogP contribution in [0.1, 0.15) is 5.56 Å². The molecular formula is C23H14ClF2NO3. The highest BCUT2D eigenvalue weighted by Crippen LogP contribution is 2.42. The number of benzene rings is 3. The van der Waals surface area contributed by atoms with Gasteiger partial charge in [0.2, 0.25) is 0 Å². The molecule has 1 aliphatic rings. The van der Waals surface area contributed by atoms with Crippen LogP contribution in [0, 0.1) is 11.6 Å². The fourth-order valence-electron chi connectivity index (χ4n) is 3.69. The third-order valence-corrected chi connectivity index (χ3v) is 5.38. The largest absolute Gasteiger partial charge is 0.471 e. The van der Waals surface area contributed by atoms with E-state index in [4.69, 9.17) is 20.8 Å². The Morgan fingerprint density at radius 2 is 1.77 bits per heavy atom. The SMILES string of the molecule is O=c1cc(-c2ccccc2)c2cc(Cl)c3c(c2o1)CN(c1ccc(F)c(F)c1)CO3. The van der Waals surface area contributed by atoms with Crippen molar-refractivity contribution in [1.29, 1.82) is 0 Å². The monoisotopic (exact) mass is 425 g/mol. The van der Waals surface area contributed by atoms with Gasteiger partial charge in [-0.1, -0.05) is 41.9 Å². The third-order valence-electron chi connectivity index (χ3n) is 5.10. The average Bonchev–Trinajstić information content (AvgIpc) is 2.76. The highest BCUT2D eigenvalue weighted by atomic mass is 35.5. The second-order valence-electron chi connectivity index (χ2n) is 6.96. The zero-order valence-corrected chi connectivity index (χ0v) is 16.2. The van der Waals surface area contributed by atoms with Crippen molar-refractivity contribution < 1.29 is 17.9 Å². The molecule has 0 N–H and O–H groups in total. The predicted molar refractivity (Wildman–Crippen MR) is 111 cm³/mol. The summed E-state index contributed by atoms with van der Waals surface area (Å²) in [4.78, 5) is 14.0. The number of halogens is 3. The summed E-state index contributed by atoms with van der Waals surface area (Å²) in [5, 5.41) is 1.05. The van der Waals surface area contributed by atoms with Crippen LogP contribution in [0.25, 0.3) is 22.1 Å². The van der Waals surface area contributed by atoms with E-state index in [1.165, 1.54) is 12.1 Å². The lowest BCUT2D eigenvalue weighted by molar-refractivity contribution is 0.289. The number of hydrogen-bond acceptors (Lipinski definition) is 4. The number of rotatable bonds is 2. The molecule has 1 aromatic heterocycles. The topological polar surface area (TPSA) is 42.7 Å². The number of anilines is 1. The molecule has 30 heavy (non-hydrogen) atoms. The minimum Gasteiger partial charge on any atom is -0.471 e. The van der Waals surface area contributed by atoms with Crippen LogP contribution in [0.2, 0.25) is 5.02 Å².